The van der Waals surface area contributed by atoms with Crippen LogP contribution in [0.4, 0.5) is 0 Å². The number of hydrogen-bond acceptors (Lipinski definition) is 4. The standard InChI is InChI=1S/C8H12N2O3/c9-2-1-8(13)10-4-7(12)3-6(10)5-11/h6-7,11-12H,1,3-5H2. The minimum absolute atomic E-state index is 0.159. The van der Waals surface area contributed by atoms with Gasteiger partial charge in [-0.3, -0.25) is 4.79 Å². The van der Waals surface area contributed by atoms with Crippen LogP contribution in [0.3, 0.4) is 0 Å². The largest absolute Gasteiger partial charge is 0.394 e. The van der Waals surface area contributed by atoms with Crippen LogP contribution in [0.15, 0.2) is 0 Å². The highest BCUT2D eigenvalue weighted by Crippen LogP contribution is 2.17. The number of carbonyl (C=O) groups excluding carboxylic acids is 1. The summed E-state index contributed by atoms with van der Waals surface area (Å²) in [5.74, 6) is -0.321. The van der Waals surface area contributed by atoms with Crippen molar-refractivity contribution in [3.8, 4) is 6.07 Å². The molecule has 5 heteroatoms. The Bertz CT molecular complexity index is 236. The molecule has 0 bridgehead atoms. The zero-order chi connectivity index (χ0) is 9.84. The predicted molar refractivity (Wildman–Crippen MR) is 43.4 cm³/mol. The lowest BCUT2D eigenvalue weighted by atomic mass is 10.2. The van der Waals surface area contributed by atoms with Gasteiger partial charge in [-0.15, -0.1) is 0 Å². The Morgan fingerprint density at radius 2 is 2.38 bits per heavy atom. The number of likely N-dealkylation sites (tertiary alicyclic amines) is 1. The lowest BCUT2D eigenvalue weighted by Crippen LogP contribution is -2.37. The van der Waals surface area contributed by atoms with Gasteiger partial charge in [0.1, 0.15) is 6.42 Å². The zero-order valence-electron chi connectivity index (χ0n) is 7.18. The molecule has 0 aliphatic carbocycles. The van der Waals surface area contributed by atoms with Gasteiger partial charge >= 0.3 is 0 Å². The molecule has 0 saturated carbocycles. The maximum atomic E-state index is 11.2. The molecule has 1 aliphatic heterocycles. The Kier molecular flexibility index (Phi) is 3.23. The van der Waals surface area contributed by atoms with E-state index in [1.54, 1.807) is 6.07 Å². The summed E-state index contributed by atoms with van der Waals surface area (Å²) in [7, 11) is 0. The Hall–Kier alpha value is -1.12. The molecule has 2 unspecified atom stereocenters. The molecule has 0 aromatic carbocycles. The molecule has 2 N–H and O–H groups in total. The van der Waals surface area contributed by atoms with Crippen LogP contribution in [0, 0.1) is 11.3 Å². The third-order valence-corrected chi connectivity index (χ3v) is 2.15. The monoisotopic (exact) mass is 184 g/mol. The van der Waals surface area contributed by atoms with Crippen molar-refractivity contribution in [2.75, 3.05) is 13.2 Å². The number of aliphatic hydroxyl groups excluding tert-OH is 2. The van der Waals surface area contributed by atoms with Crippen molar-refractivity contribution in [1.82, 2.24) is 4.90 Å². The fraction of sp³-hybridized carbons (Fsp3) is 0.750. The van der Waals surface area contributed by atoms with E-state index in [1.165, 1.54) is 4.90 Å². The number of rotatable bonds is 2. The van der Waals surface area contributed by atoms with E-state index in [1.807, 2.05) is 0 Å². The number of carbonyl (C=O) groups is 1. The zero-order valence-corrected chi connectivity index (χ0v) is 7.18. The van der Waals surface area contributed by atoms with Gasteiger partial charge < -0.3 is 15.1 Å². The molecule has 13 heavy (non-hydrogen) atoms. The van der Waals surface area contributed by atoms with Gasteiger partial charge in [-0.2, -0.15) is 5.26 Å². The first-order chi connectivity index (χ1) is 6.19. The number of nitrogens with zero attached hydrogens (tertiary/aromatic N) is 2. The van der Waals surface area contributed by atoms with Crippen molar-refractivity contribution in [3.63, 3.8) is 0 Å². The predicted octanol–water partition coefficient (Wildman–Crippen LogP) is -1.15. The fourth-order valence-electron chi connectivity index (χ4n) is 1.54. The van der Waals surface area contributed by atoms with E-state index >= 15 is 0 Å². The van der Waals surface area contributed by atoms with Crippen molar-refractivity contribution in [3.05, 3.63) is 0 Å². The minimum atomic E-state index is -0.570. The van der Waals surface area contributed by atoms with Crippen molar-refractivity contribution in [2.45, 2.75) is 25.0 Å². The first-order valence-corrected chi connectivity index (χ1v) is 4.14. The second kappa shape index (κ2) is 4.21. The van der Waals surface area contributed by atoms with E-state index in [2.05, 4.69) is 0 Å². The topological polar surface area (TPSA) is 84.6 Å². The molecule has 0 aromatic heterocycles. The summed E-state index contributed by atoms with van der Waals surface area (Å²) in [4.78, 5) is 12.6. The smallest absolute Gasteiger partial charge is 0.237 e. The second-order valence-electron chi connectivity index (χ2n) is 3.11. The first-order valence-electron chi connectivity index (χ1n) is 4.14. The highest BCUT2D eigenvalue weighted by Gasteiger charge is 2.33. The molecule has 1 amide bonds. The molecular formula is C8H12N2O3. The Balaban J connectivity index is 2.58. The highest BCUT2D eigenvalue weighted by atomic mass is 16.3. The van der Waals surface area contributed by atoms with E-state index in [9.17, 15) is 9.90 Å². The quantitative estimate of drug-likeness (QED) is 0.567. The summed E-state index contributed by atoms with van der Waals surface area (Å²) in [5.41, 5.74) is 0. The van der Waals surface area contributed by atoms with Crippen LogP contribution in [0.5, 0.6) is 0 Å². The van der Waals surface area contributed by atoms with Gasteiger partial charge in [-0.1, -0.05) is 0 Å². The van der Waals surface area contributed by atoms with Gasteiger partial charge in [0.2, 0.25) is 5.91 Å². The van der Waals surface area contributed by atoms with Crippen LogP contribution in [0.25, 0.3) is 0 Å². The second-order valence-corrected chi connectivity index (χ2v) is 3.11. The van der Waals surface area contributed by atoms with Crippen LogP contribution < -0.4 is 0 Å². The molecule has 1 saturated heterocycles. The molecule has 0 radical (unpaired) electrons. The van der Waals surface area contributed by atoms with Crippen molar-refractivity contribution in [2.24, 2.45) is 0 Å². The SMILES string of the molecule is N#CCC(=O)N1CC(O)CC1CO. The van der Waals surface area contributed by atoms with Gasteiger partial charge in [0, 0.05) is 6.54 Å². The third-order valence-electron chi connectivity index (χ3n) is 2.15. The minimum Gasteiger partial charge on any atom is -0.394 e. The molecule has 1 heterocycles. The summed E-state index contributed by atoms with van der Waals surface area (Å²) in [5, 5.41) is 26.4. The van der Waals surface area contributed by atoms with Crippen molar-refractivity contribution >= 4 is 5.91 Å². The average molecular weight is 184 g/mol. The number of hydrogen-bond donors (Lipinski definition) is 2. The van der Waals surface area contributed by atoms with E-state index in [-0.39, 0.29) is 31.5 Å². The van der Waals surface area contributed by atoms with Gasteiger partial charge in [-0.05, 0) is 6.42 Å². The summed E-state index contributed by atoms with van der Waals surface area (Å²) in [6.07, 6.45) is -0.364. The lowest BCUT2D eigenvalue weighted by Gasteiger charge is -2.21. The van der Waals surface area contributed by atoms with Crippen molar-refractivity contribution < 1.29 is 15.0 Å². The van der Waals surface area contributed by atoms with E-state index in [0.717, 1.165) is 0 Å². The molecule has 1 fully saturated rings. The van der Waals surface area contributed by atoms with Crippen molar-refractivity contribution in [1.29, 1.82) is 5.26 Å². The number of amides is 1. The molecule has 0 aromatic rings. The number of nitriles is 1. The average Bonchev–Trinajstić information content (AvgIpc) is 2.47. The lowest BCUT2D eigenvalue weighted by molar-refractivity contribution is -0.131. The normalized spacial score (nSPS) is 27.3. The summed E-state index contributed by atoms with van der Waals surface area (Å²) >= 11 is 0. The fourth-order valence-corrected chi connectivity index (χ4v) is 1.54. The molecule has 1 rings (SSSR count). The van der Waals surface area contributed by atoms with Gasteiger partial charge in [0.05, 0.1) is 24.8 Å². The van der Waals surface area contributed by atoms with Gasteiger partial charge in [-0.25, -0.2) is 0 Å². The van der Waals surface area contributed by atoms with Gasteiger partial charge in [0.15, 0.2) is 0 Å². The van der Waals surface area contributed by atoms with Crippen LogP contribution in [0.2, 0.25) is 0 Å². The number of aliphatic hydroxyl groups is 2. The van der Waals surface area contributed by atoms with Crippen LogP contribution in [0.1, 0.15) is 12.8 Å². The third kappa shape index (κ3) is 2.17. The van der Waals surface area contributed by atoms with E-state index in [4.69, 9.17) is 10.4 Å². The van der Waals surface area contributed by atoms with E-state index < -0.39 is 6.10 Å². The van der Waals surface area contributed by atoms with E-state index in [0.29, 0.717) is 6.42 Å². The molecule has 0 spiro atoms. The molecule has 1 aliphatic rings. The molecular weight excluding hydrogens is 172 g/mol. The Morgan fingerprint density at radius 1 is 1.69 bits per heavy atom. The summed E-state index contributed by atoms with van der Waals surface area (Å²) in [6.45, 7) is 0.0694. The molecule has 5 nitrogen and oxygen atoms in total. The number of β-amino-alcohol motifs (C(OH)–C–C–N with tert-alkyl or cyclic N) is 1. The van der Waals surface area contributed by atoms with Gasteiger partial charge in [0.25, 0.3) is 0 Å². The van der Waals surface area contributed by atoms with Crippen LogP contribution in [-0.2, 0) is 4.79 Å². The summed E-state index contributed by atoms with van der Waals surface area (Å²) < 4.78 is 0. The van der Waals surface area contributed by atoms with Crippen LogP contribution in [-0.4, -0.2) is 46.3 Å². The maximum absolute atomic E-state index is 11.2. The highest BCUT2D eigenvalue weighted by molar-refractivity contribution is 5.78. The molecule has 72 valence electrons. The van der Waals surface area contributed by atoms with Crippen LogP contribution >= 0.6 is 0 Å². The first kappa shape index (κ1) is 9.96. The Morgan fingerprint density at radius 3 is 2.92 bits per heavy atom. The summed E-state index contributed by atoms with van der Waals surface area (Å²) in [6, 6.07) is 1.43. The maximum Gasteiger partial charge on any atom is 0.237 e. The Labute approximate surface area is 76.2 Å². The molecule has 2 atom stereocenters.